The number of likely N-dealkylation sites (tertiary alicyclic amines) is 1. The predicted octanol–water partition coefficient (Wildman–Crippen LogP) is 5.09. The summed E-state index contributed by atoms with van der Waals surface area (Å²) in [6.07, 6.45) is 3.19. The Morgan fingerprint density at radius 2 is 1.97 bits per heavy atom. The van der Waals surface area contributed by atoms with Crippen LogP contribution in [0.3, 0.4) is 0 Å². The van der Waals surface area contributed by atoms with Crippen molar-refractivity contribution < 1.29 is 9.59 Å². The van der Waals surface area contributed by atoms with E-state index in [2.05, 4.69) is 49.7 Å². The number of nitrogens with one attached hydrogen (secondary N) is 1. The second-order valence-electron chi connectivity index (χ2n) is 11.3. The van der Waals surface area contributed by atoms with Gasteiger partial charge in [-0.05, 0) is 54.4 Å². The molecule has 1 N–H and O–H groups in total. The monoisotopic (exact) mass is 534 g/mol. The van der Waals surface area contributed by atoms with Gasteiger partial charge in [0, 0.05) is 55.5 Å². The van der Waals surface area contributed by atoms with Crippen molar-refractivity contribution in [2.24, 2.45) is 18.9 Å². The van der Waals surface area contributed by atoms with Crippen LogP contribution < -0.4 is 0 Å². The summed E-state index contributed by atoms with van der Waals surface area (Å²) in [6.45, 7) is 12.8. The molecule has 2 atom stereocenters. The summed E-state index contributed by atoms with van der Waals surface area (Å²) in [5.74, 6) is 0.554. The Hall–Kier alpha value is -3.44. The molecule has 2 aromatic heterocycles. The van der Waals surface area contributed by atoms with Crippen molar-refractivity contribution in [1.82, 2.24) is 24.6 Å². The normalized spacial score (nSPS) is 17.7. The number of nitriles is 1. The lowest BCUT2D eigenvalue weighted by Gasteiger charge is -2.20. The molecule has 1 saturated heterocycles. The highest BCUT2D eigenvalue weighted by Gasteiger charge is 2.36. The number of carbonyl (C=O) groups excluding carboxylic acids is 2. The van der Waals surface area contributed by atoms with Crippen LogP contribution in [-0.4, -0.2) is 49.4 Å². The Balaban J connectivity index is 1.51. The second-order valence-corrected chi connectivity index (χ2v) is 11.7. The van der Waals surface area contributed by atoms with Gasteiger partial charge in [-0.15, -0.1) is 0 Å². The van der Waals surface area contributed by atoms with Gasteiger partial charge in [-0.1, -0.05) is 39.0 Å². The molecule has 200 valence electrons. The van der Waals surface area contributed by atoms with E-state index < -0.39 is 0 Å². The topological polar surface area (TPSA) is 108 Å². The van der Waals surface area contributed by atoms with Crippen LogP contribution >= 0.6 is 11.6 Å². The summed E-state index contributed by atoms with van der Waals surface area (Å²) in [5, 5.41) is 18.6. The standard InChI is InChI=1S/C29H35ClN6O2/c1-7-27(38)36-15-18(10-11-31)19(16-36)12-25(37)28-17(2)32-26(35(28)6)9-8-23-20-13-21(29(3,4)5)22(30)14-24(20)34-33-23/h7,13-14,18-19H,1,8-10,12,15-16H2,2-6H3,(H,33,34)/t18-,19+/m1/s1. The number of carbonyl (C=O) groups is 2. The molecule has 8 nitrogen and oxygen atoms in total. The Labute approximate surface area is 228 Å². The van der Waals surface area contributed by atoms with E-state index >= 15 is 0 Å². The fourth-order valence-corrected chi connectivity index (χ4v) is 6.00. The number of Topliss-reactive ketones (excluding diaryl/α,β-unsaturated/α-hetero) is 1. The van der Waals surface area contributed by atoms with E-state index in [9.17, 15) is 14.9 Å². The highest BCUT2D eigenvalue weighted by molar-refractivity contribution is 6.32. The molecular formula is C29H35ClN6O2. The number of hydrogen-bond acceptors (Lipinski definition) is 5. The molecule has 4 rings (SSSR count). The minimum Gasteiger partial charge on any atom is -0.339 e. The van der Waals surface area contributed by atoms with Crippen LogP contribution in [0.15, 0.2) is 24.8 Å². The van der Waals surface area contributed by atoms with Crippen molar-refractivity contribution in [3.63, 3.8) is 0 Å². The number of H-pyrrole nitrogens is 1. The zero-order chi connectivity index (χ0) is 27.8. The predicted molar refractivity (Wildman–Crippen MR) is 148 cm³/mol. The molecule has 1 aliphatic rings. The van der Waals surface area contributed by atoms with Crippen molar-refractivity contribution in [3.8, 4) is 6.07 Å². The summed E-state index contributed by atoms with van der Waals surface area (Å²) < 4.78 is 1.88. The summed E-state index contributed by atoms with van der Waals surface area (Å²) in [4.78, 5) is 32.0. The Bertz CT molecular complexity index is 1440. The van der Waals surface area contributed by atoms with Crippen LogP contribution in [0.2, 0.25) is 5.02 Å². The number of hydrogen-bond donors (Lipinski definition) is 1. The van der Waals surface area contributed by atoms with Gasteiger partial charge in [0.1, 0.15) is 11.5 Å². The van der Waals surface area contributed by atoms with E-state index in [1.807, 2.05) is 24.6 Å². The van der Waals surface area contributed by atoms with E-state index in [1.54, 1.807) is 4.90 Å². The molecule has 0 aliphatic carbocycles. The number of imidazole rings is 1. The SMILES string of the molecule is C=CC(=O)N1C[C@@H](CC#N)[C@@H](CC(=O)c2c(C)nc(CCc3[nH]nc4cc(Cl)c(C(C)(C)C)cc34)n2C)C1. The highest BCUT2D eigenvalue weighted by atomic mass is 35.5. The third kappa shape index (κ3) is 5.39. The van der Waals surface area contributed by atoms with E-state index in [0.717, 1.165) is 28.0 Å². The molecule has 0 unspecified atom stereocenters. The maximum atomic E-state index is 13.4. The quantitative estimate of drug-likeness (QED) is 0.320. The lowest BCUT2D eigenvalue weighted by Crippen LogP contribution is -2.27. The number of amides is 1. The molecule has 0 bridgehead atoms. The molecule has 0 radical (unpaired) electrons. The number of ketones is 1. The molecule has 3 heterocycles. The summed E-state index contributed by atoms with van der Waals surface area (Å²) in [5.41, 5.74) is 4.10. The molecule has 1 aliphatic heterocycles. The first kappa shape index (κ1) is 27.6. The van der Waals surface area contributed by atoms with Gasteiger partial charge in [0.15, 0.2) is 5.78 Å². The third-order valence-corrected chi connectivity index (χ3v) is 7.93. The fourth-order valence-electron chi connectivity index (χ4n) is 5.56. The number of rotatable bonds is 8. The van der Waals surface area contributed by atoms with E-state index in [1.165, 1.54) is 6.08 Å². The van der Waals surface area contributed by atoms with Gasteiger partial charge in [0.05, 0.1) is 17.3 Å². The Kier molecular flexibility index (Phi) is 7.80. The third-order valence-electron chi connectivity index (χ3n) is 7.62. The average molecular weight is 535 g/mol. The van der Waals surface area contributed by atoms with Gasteiger partial charge in [-0.2, -0.15) is 10.4 Å². The summed E-state index contributed by atoms with van der Waals surface area (Å²) in [7, 11) is 1.88. The zero-order valence-corrected chi connectivity index (χ0v) is 23.5. The molecule has 1 fully saturated rings. The van der Waals surface area contributed by atoms with Gasteiger partial charge in [-0.3, -0.25) is 14.7 Å². The minimum atomic E-state index is -0.162. The van der Waals surface area contributed by atoms with Crippen LogP contribution in [0.25, 0.3) is 10.9 Å². The minimum absolute atomic E-state index is 0.0129. The smallest absolute Gasteiger partial charge is 0.245 e. The van der Waals surface area contributed by atoms with Crippen molar-refractivity contribution in [2.45, 2.75) is 58.8 Å². The molecule has 3 aromatic rings. The number of fused-ring (bicyclic) bond motifs is 1. The second kappa shape index (κ2) is 10.7. The Morgan fingerprint density at radius 3 is 2.63 bits per heavy atom. The van der Waals surface area contributed by atoms with E-state index in [-0.39, 0.29) is 35.4 Å². The van der Waals surface area contributed by atoms with Crippen LogP contribution in [0.5, 0.6) is 0 Å². The van der Waals surface area contributed by atoms with Crippen LogP contribution in [0.1, 0.15) is 66.9 Å². The number of aromatic amines is 1. The van der Waals surface area contributed by atoms with Gasteiger partial charge >= 0.3 is 0 Å². The summed E-state index contributed by atoms with van der Waals surface area (Å²) in [6, 6.07) is 6.23. The number of halogens is 1. The van der Waals surface area contributed by atoms with Crippen LogP contribution in [0, 0.1) is 30.1 Å². The fraction of sp³-hybridized carbons (Fsp3) is 0.483. The highest BCUT2D eigenvalue weighted by Crippen LogP contribution is 2.34. The molecule has 1 amide bonds. The first-order valence-corrected chi connectivity index (χ1v) is 13.3. The van der Waals surface area contributed by atoms with Crippen LogP contribution in [-0.2, 0) is 30.1 Å². The maximum absolute atomic E-state index is 13.4. The molecular weight excluding hydrogens is 500 g/mol. The number of aryl methyl sites for hydroxylation is 3. The van der Waals surface area contributed by atoms with Crippen molar-refractivity contribution in [1.29, 1.82) is 5.26 Å². The molecule has 38 heavy (non-hydrogen) atoms. The van der Waals surface area contributed by atoms with Crippen molar-refractivity contribution in [3.05, 3.63) is 58.3 Å². The lowest BCUT2D eigenvalue weighted by molar-refractivity contribution is -0.125. The average Bonchev–Trinajstić information content (AvgIpc) is 3.51. The molecule has 0 spiro atoms. The molecule has 0 saturated carbocycles. The first-order chi connectivity index (χ1) is 17.9. The number of aromatic nitrogens is 4. The lowest BCUT2D eigenvalue weighted by atomic mass is 9.86. The first-order valence-electron chi connectivity index (χ1n) is 12.9. The maximum Gasteiger partial charge on any atom is 0.245 e. The van der Waals surface area contributed by atoms with E-state index in [0.29, 0.717) is 48.8 Å². The van der Waals surface area contributed by atoms with E-state index in [4.69, 9.17) is 16.6 Å². The van der Waals surface area contributed by atoms with Crippen molar-refractivity contribution in [2.75, 3.05) is 13.1 Å². The zero-order valence-electron chi connectivity index (χ0n) is 22.8. The largest absolute Gasteiger partial charge is 0.339 e. The molecule has 9 heteroatoms. The molecule has 1 aromatic carbocycles. The van der Waals surface area contributed by atoms with Gasteiger partial charge in [-0.25, -0.2) is 4.98 Å². The Morgan fingerprint density at radius 1 is 1.26 bits per heavy atom. The van der Waals surface area contributed by atoms with Crippen molar-refractivity contribution >= 4 is 34.2 Å². The van der Waals surface area contributed by atoms with Crippen LogP contribution in [0.4, 0.5) is 0 Å². The van der Waals surface area contributed by atoms with Gasteiger partial charge < -0.3 is 9.47 Å². The number of nitrogens with zero attached hydrogens (tertiary/aromatic N) is 5. The van der Waals surface area contributed by atoms with Gasteiger partial charge in [0.25, 0.3) is 0 Å². The van der Waals surface area contributed by atoms with Gasteiger partial charge in [0.2, 0.25) is 5.91 Å². The number of benzene rings is 1. The summed E-state index contributed by atoms with van der Waals surface area (Å²) >= 11 is 6.52.